The molecule has 4 aliphatic heterocycles. The van der Waals surface area contributed by atoms with Crippen molar-refractivity contribution >= 4 is 17.6 Å². The van der Waals surface area contributed by atoms with Crippen LogP contribution in [0.25, 0.3) is 11.3 Å². The van der Waals surface area contributed by atoms with E-state index in [1.807, 2.05) is 6.07 Å². The molecule has 0 radical (unpaired) electrons. The highest BCUT2D eigenvalue weighted by Crippen LogP contribution is 2.43. The number of nitrogens with zero attached hydrogens (tertiary/aromatic N) is 5. The second kappa shape index (κ2) is 7.15. The van der Waals surface area contributed by atoms with Crippen molar-refractivity contribution in [3.05, 3.63) is 18.3 Å². The topological polar surface area (TPSA) is 89.6 Å². The molecule has 2 aromatic rings. The van der Waals surface area contributed by atoms with E-state index in [9.17, 15) is 8.78 Å². The minimum absolute atomic E-state index is 0.0775. The summed E-state index contributed by atoms with van der Waals surface area (Å²) in [7, 11) is 0. The van der Waals surface area contributed by atoms with Crippen LogP contribution in [0, 0.1) is 17.8 Å². The lowest BCUT2D eigenvalue weighted by atomic mass is 9.86. The van der Waals surface area contributed by atoms with E-state index in [0.29, 0.717) is 41.0 Å². The Morgan fingerprint density at radius 2 is 1.87 bits per heavy atom. The van der Waals surface area contributed by atoms with E-state index in [1.165, 1.54) is 18.9 Å². The minimum Gasteiger partial charge on any atom is -0.431 e. The molecule has 8 nitrogen and oxygen atoms in total. The van der Waals surface area contributed by atoms with E-state index >= 15 is 0 Å². The predicted octanol–water partition coefficient (Wildman–Crippen LogP) is 2.40. The van der Waals surface area contributed by atoms with Crippen molar-refractivity contribution in [2.45, 2.75) is 25.5 Å². The minimum atomic E-state index is -2.97. The molecule has 2 bridgehead atoms. The summed E-state index contributed by atoms with van der Waals surface area (Å²) in [6.45, 7) is 1.36. The van der Waals surface area contributed by atoms with Gasteiger partial charge in [-0.3, -0.25) is 0 Å². The summed E-state index contributed by atoms with van der Waals surface area (Å²) < 4.78 is 35.7. The Balaban J connectivity index is 1.38. The zero-order valence-corrected chi connectivity index (χ0v) is 17.0. The van der Waals surface area contributed by atoms with Gasteiger partial charge in [0.05, 0.1) is 18.9 Å². The van der Waals surface area contributed by atoms with Crippen LogP contribution < -0.4 is 20.3 Å². The number of fused-ring (bicyclic) bond motifs is 2. The molecule has 1 saturated carbocycles. The first-order valence-corrected chi connectivity index (χ1v) is 10.7. The number of pyridine rings is 1. The highest BCUT2D eigenvalue weighted by atomic mass is 19.3. The molecule has 0 aromatic carbocycles. The predicted molar refractivity (Wildman–Crippen MR) is 110 cm³/mol. The van der Waals surface area contributed by atoms with Gasteiger partial charge in [0.15, 0.2) is 11.6 Å². The van der Waals surface area contributed by atoms with E-state index < -0.39 is 6.61 Å². The third kappa shape index (κ3) is 3.33. The van der Waals surface area contributed by atoms with E-state index in [4.69, 9.17) is 20.4 Å². The Labute approximate surface area is 178 Å². The van der Waals surface area contributed by atoms with E-state index in [0.717, 1.165) is 38.7 Å². The molecule has 6 heterocycles. The Morgan fingerprint density at radius 3 is 2.55 bits per heavy atom. The van der Waals surface area contributed by atoms with E-state index in [2.05, 4.69) is 19.5 Å². The van der Waals surface area contributed by atoms with Crippen molar-refractivity contribution in [1.29, 1.82) is 0 Å². The van der Waals surface area contributed by atoms with Crippen molar-refractivity contribution in [2.24, 2.45) is 17.8 Å². The molecule has 5 fully saturated rings. The molecule has 5 aliphatic rings. The van der Waals surface area contributed by atoms with Gasteiger partial charge >= 0.3 is 6.61 Å². The van der Waals surface area contributed by atoms with Crippen molar-refractivity contribution in [3.8, 4) is 17.0 Å². The molecular weight excluding hydrogens is 406 g/mol. The standard InChI is InChI=1S/C21H24F2N6O2/c22-20(23)31-17-3-12(5-25-19(17)24)16-4-18(28-7-13-9-30-10-14(13)8-28)27-21(26-16)29-6-11-1-15(29)2-11/h3-5,11,13-15,20H,1-2,6-10H2,(H2,24,25)/t11?,13-,14+,15?. The summed E-state index contributed by atoms with van der Waals surface area (Å²) in [6.07, 6.45) is 3.91. The summed E-state index contributed by atoms with van der Waals surface area (Å²) >= 11 is 0. The van der Waals surface area contributed by atoms with E-state index in [-0.39, 0.29) is 11.6 Å². The summed E-state index contributed by atoms with van der Waals surface area (Å²) in [6, 6.07) is 3.87. The molecule has 0 unspecified atom stereocenters. The highest BCUT2D eigenvalue weighted by molar-refractivity contribution is 5.68. The maximum atomic E-state index is 12.8. The SMILES string of the molecule is Nc1ncc(-c2cc(N3C[C@H]4COC[C@H]4C3)nc(N3CC4CC3C4)n2)cc1OC(F)F. The summed E-state index contributed by atoms with van der Waals surface area (Å²) in [5.41, 5.74) is 6.92. The van der Waals surface area contributed by atoms with Crippen molar-refractivity contribution in [3.63, 3.8) is 0 Å². The average molecular weight is 430 g/mol. The molecule has 2 N–H and O–H groups in total. The van der Waals surface area contributed by atoms with Crippen LogP contribution in [0.15, 0.2) is 18.3 Å². The maximum Gasteiger partial charge on any atom is 0.387 e. The van der Waals surface area contributed by atoms with Crippen molar-refractivity contribution in [1.82, 2.24) is 15.0 Å². The molecule has 0 spiro atoms. The Bertz CT molecular complexity index is 990. The first-order valence-electron chi connectivity index (χ1n) is 10.7. The lowest BCUT2D eigenvalue weighted by Gasteiger charge is -2.27. The van der Waals surface area contributed by atoms with Gasteiger partial charge in [0.1, 0.15) is 5.82 Å². The molecule has 10 heteroatoms. The van der Waals surface area contributed by atoms with Gasteiger partial charge in [-0.2, -0.15) is 13.8 Å². The third-order valence-corrected chi connectivity index (χ3v) is 7.02. The quantitative estimate of drug-likeness (QED) is 0.774. The molecule has 1 aliphatic carbocycles. The number of aromatic nitrogens is 3. The summed E-state index contributed by atoms with van der Waals surface area (Å²) in [5, 5.41) is 0. The van der Waals surface area contributed by atoms with Crippen LogP contribution >= 0.6 is 0 Å². The molecule has 0 amide bonds. The molecule has 164 valence electrons. The van der Waals surface area contributed by atoms with Crippen LogP contribution in [0.4, 0.5) is 26.4 Å². The number of rotatable bonds is 5. The zero-order chi connectivity index (χ0) is 21.1. The van der Waals surface area contributed by atoms with Gasteiger partial charge in [-0.15, -0.1) is 0 Å². The molecule has 2 atom stereocenters. The number of halogens is 2. The monoisotopic (exact) mass is 430 g/mol. The number of alkyl halides is 2. The highest BCUT2D eigenvalue weighted by Gasteiger charge is 2.44. The molecule has 7 rings (SSSR count). The summed E-state index contributed by atoms with van der Waals surface area (Å²) in [5.74, 6) is 3.08. The number of nitrogens with two attached hydrogens (primary N) is 1. The Hall–Kier alpha value is -2.75. The van der Waals surface area contributed by atoms with Crippen LogP contribution in [0.3, 0.4) is 0 Å². The van der Waals surface area contributed by atoms with Crippen LogP contribution in [-0.4, -0.2) is 60.5 Å². The van der Waals surface area contributed by atoms with Gasteiger partial charge in [-0.25, -0.2) is 9.97 Å². The maximum absolute atomic E-state index is 12.8. The fourth-order valence-electron chi connectivity index (χ4n) is 5.30. The molecule has 2 aromatic heterocycles. The van der Waals surface area contributed by atoms with Gasteiger partial charge in [0, 0.05) is 55.3 Å². The lowest BCUT2D eigenvalue weighted by molar-refractivity contribution is -0.0494. The van der Waals surface area contributed by atoms with Crippen molar-refractivity contribution in [2.75, 3.05) is 48.4 Å². The van der Waals surface area contributed by atoms with Gasteiger partial charge in [-0.1, -0.05) is 0 Å². The zero-order valence-electron chi connectivity index (χ0n) is 17.0. The number of hydrogen-bond donors (Lipinski definition) is 1. The second-order valence-corrected chi connectivity index (χ2v) is 9.00. The summed E-state index contributed by atoms with van der Waals surface area (Å²) in [4.78, 5) is 18.3. The fourth-order valence-corrected chi connectivity index (χ4v) is 5.30. The largest absolute Gasteiger partial charge is 0.431 e. The lowest BCUT2D eigenvalue weighted by Crippen LogP contribution is -2.31. The second-order valence-electron chi connectivity index (χ2n) is 9.00. The normalized spacial score (nSPS) is 28.9. The van der Waals surface area contributed by atoms with Crippen molar-refractivity contribution < 1.29 is 18.3 Å². The van der Waals surface area contributed by atoms with E-state index in [1.54, 1.807) is 6.20 Å². The number of anilines is 3. The van der Waals surface area contributed by atoms with Gasteiger partial charge in [-0.05, 0) is 24.8 Å². The molecule has 4 saturated heterocycles. The van der Waals surface area contributed by atoms with Crippen LogP contribution in [0.2, 0.25) is 0 Å². The first-order chi connectivity index (χ1) is 15.0. The number of hydrogen-bond acceptors (Lipinski definition) is 8. The fraction of sp³-hybridized carbons (Fsp3) is 0.571. The Kier molecular flexibility index (Phi) is 4.38. The molecule has 31 heavy (non-hydrogen) atoms. The van der Waals surface area contributed by atoms with Gasteiger partial charge in [0.2, 0.25) is 5.95 Å². The van der Waals surface area contributed by atoms with Crippen LogP contribution in [0.1, 0.15) is 12.8 Å². The smallest absolute Gasteiger partial charge is 0.387 e. The van der Waals surface area contributed by atoms with Crippen LogP contribution in [0.5, 0.6) is 5.75 Å². The molecular formula is C21H24F2N6O2. The first kappa shape index (κ1) is 19.0. The average Bonchev–Trinajstić information content (AvgIpc) is 3.48. The Morgan fingerprint density at radius 1 is 1.10 bits per heavy atom. The number of nitrogen functional groups attached to an aromatic ring is 1. The third-order valence-electron chi connectivity index (χ3n) is 7.02. The van der Waals surface area contributed by atoms with Gasteiger partial charge < -0.3 is 25.0 Å². The number of ether oxygens (including phenoxy) is 2. The van der Waals surface area contributed by atoms with Gasteiger partial charge in [0.25, 0.3) is 0 Å². The van der Waals surface area contributed by atoms with Crippen LogP contribution in [-0.2, 0) is 4.74 Å².